The molecule has 3 rings (SSSR count). The third-order valence-corrected chi connectivity index (χ3v) is 4.18. The summed E-state index contributed by atoms with van der Waals surface area (Å²) in [5, 5.41) is 3.91. The van der Waals surface area contributed by atoms with Gasteiger partial charge in [-0.15, -0.1) is 0 Å². The van der Waals surface area contributed by atoms with Crippen LogP contribution >= 0.6 is 0 Å². The average Bonchev–Trinajstić information content (AvgIpc) is 2.79. The van der Waals surface area contributed by atoms with Gasteiger partial charge in [-0.25, -0.2) is 5.43 Å². The van der Waals surface area contributed by atoms with E-state index >= 15 is 0 Å². The zero-order valence-electron chi connectivity index (χ0n) is 17.2. The molecule has 0 heterocycles. The summed E-state index contributed by atoms with van der Waals surface area (Å²) in [6.45, 7) is 1.14. The third kappa shape index (κ3) is 6.43. The molecule has 7 nitrogen and oxygen atoms in total. The highest BCUT2D eigenvalue weighted by molar-refractivity contribution is 5.84. The molecule has 0 unspecified atom stereocenters. The van der Waals surface area contributed by atoms with Crippen molar-refractivity contribution >= 4 is 18.1 Å². The van der Waals surface area contributed by atoms with E-state index in [-0.39, 0.29) is 6.61 Å². The number of rotatable bonds is 8. The van der Waals surface area contributed by atoms with Gasteiger partial charge in [-0.05, 0) is 47.0 Å². The van der Waals surface area contributed by atoms with Crippen molar-refractivity contribution in [2.45, 2.75) is 6.92 Å². The van der Waals surface area contributed by atoms with Crippen molar-refractivity contribution in [1.29, 1.82) is 0 Å². The van der Waals surface area contributed by atoms with E-state index in [1.54, 1.807) is 18.2 Å². The summed E-state index contributed by atoms with van der Waals surface area (Å²) >= 11 is 0. The predicted octanol–water partition coefficient (Wildman–Crippen LogP) is 3.82. The first-order chi connectivity index (χ1) is 15.0. The second kappa shape index (κ2) is 10.6. The zero-order valence-corrected chi connectivity index (χ0v) is 17.2. The summed E-state index contributed by atoms with van der Waals surface area (Å²) in [7, 11) is 1.47. The smallest absolute Gasteiger partial charge is 0.308 e. The quantitative estimate of drug-likeness (QED) is 0.260. The van der Waals surface area contributed by atoms with Crippen LogP contribution in [0.5, 0.6) is 17.2 Å². The molecule has 0 radical (unpaired) electrons. The molecule has 3 aromatic carbocycles. The Morgan fingerprint density at radius 1 is 0.935 bits per heavy atom. The van der Waals surface area contributed by atoms with Crippen molar-refractivity contribution < 1.29 is 23.8 Å². The van der Waals surface area contributed by atoms with Crippen LogP contribution in [-0.2, 0) is 9.59 Å². The number of carbonyl (C=O) groups is 2. The number of hydrazone groups is 1. The van der Waals surface area contributed by atoms with E-state index in [2.05, 4.69) is 10.5 Å². The van der Waals surface area contributed by atoms with Gasteiger partial charge < -0.3 is 14.2 Å². The summed E-state index contributed by atoms with van der Waals surface area (Å²) in [4.78, 5) is 23.1. The van der Waals surface area contributed by atoms with Gasteiger partial charge in [0.2, 0.25) is 0 Å². The molecule has 0 saturated carbocycles. The molecule has 0 spiro atoms. The van der Waals surface area contributed by atoms with Gasteiger partial charge in [0.25, 0.3) is 5.91 Å². The van der Waals surface area contributed by atoms with Crippen molar-refractivity contribution in [2.75, 3.05) is 13.7 Å². The maximum absolute atomic E-state index is 12.0. The first kappa shape index (κ1) is 21.6. The Morgan fingerprint density at radius 2 is 1.65 bits per heavy atom. The molecule has 0 aliphatic carbocycles. The van der Waals surface area contributed by atoms with Crippen LogP contribution in [0.25, 0.3) is 11.1 Å². The van der Waals surface area contributed by atoms with Gasteiger partial charge in [0, 0.05) is 6.92 Å². The fraction of sp³-hybridized carbons (Fsp3) is 0.125. The van der Waals surface area contributed by atoms with Gasteiger partial charge in [-0.2, -0.15) is 5.10 Å². The molecular formula is C24H22N2O5. The number of nitrogens with zero attached hydrogens (tertiary/aromatic N) is 1. The van der Waals surface area contributed by atoms with Crippen LogP contribution in [0.1, 0.15) is 12.5 Å². The highest BCUT2D eigenvalue weighted by atomic mass is 16.6. The minimum absolute atomic E-state index is 0.170. The summed E-state index contributed by atoms with van der Waals surface area (Å²) in [6.07, 6.45) is 1.45. The molecule has 0 aromatic heterocycles. The molecule has 1 amide bonds. The molecule has 158 valence electrons. The van der Waals surface area contributed by atoms with Crippen LogP contribution in [0.3, 0.4) is 0 Å². The normalized spacial score (nSPS) is 10.5. The molecule has 0 atom stereocenters. The Hall–Kier alpha value is -4.13. The molecule has 0 fully saturated rings. The molecule has 0 aliphatic rings. The molecule has 31 heavy (non-hydrogen) atoms. The molecule has 1 N–H and O–H groups in total. The molecule has 7 heteroatoms. The van der Waals surface area contributed by atoms with Crippen LogP contribution < -0.4 is 19.6 Å². The zero-order chi connectivity index (χ0) is 22.1. The highest BCUT2D eigenvalue weighted by Crippen LogP contribution is 2.27. The largest absolute Gasteiger partial charge is 0.493 e. The monoisotopic (exact) mass is 418 g/mol. The van der Waals surface area contributed by atoms with E-state index in [4.69, 9.17) is 14.2 Å². The third-order valence-electron chi connectivity index (χ3n) is 4.18. The maximum Gasteiger partial charge on any atom is 0.308 e. The summed E-state index contributed by atoms with van der Waals surface area (Å²) in [6, 6.07) is 22.4. The Kier molecular flexibility index (Phi) is 7.37. The first-order valence-electron chi connectivity index (χ1n) is 9.52. The molecular weight excluding hydrogens is 396 g/mol. The summed E-state index contributed by atoms with van der Waals surface area (Å²) in [5.41, 5.74) is 5.24. The van der Waals surface area contributed by atoms with E-state index in [9.17, 15) is 9.59 Å². The summed E-state index contributed by atoms with van der Waals surface area (Å²) < 4.78 is 15.7. The minimum Gasteiger partial charge on any atom is -0.493 e. The lowest BCUT2D eigenvalue weighted by Crippen LogP contribution is -2.24. The lowest BCUT2D eigenvalue weighted by molar-refractivity contribution is -0.132. The van der Waals surface area contributed by atoms with Gasteiger partial charge in [0.1, 0.15) is 5.75 Å². The topological polar surface area (TPSA) is 86.2 Å². The Morgan fingerprint density at radius 3 is 2.32 bits per heavy atom. The number of ether oxygens (including phenoxy) is 3. The van der Waals surface area contributed by atoms with Crippen molar-refractivity contribution in [2.24, 2.45) is 5.10 Å². The van der Waals surface area contributed by atoms with Crippen molar-refractivity contribution in [1.82, 2.24) is 5.43 Å². The van der Waals surface area contributed by atoms with Crippen LogP contribution in [0.15, 0.2) is 77.9 Å². The number of hydrogen-bond acceptors (Lipinski definition) is 6. The second-order valence-corrected chi connectivity index (χ2v) is 6.48. The Bertz CT molecular complexity index is 1060. The lowest BCUT2D eigenvalue weighted by atomic mass is 10.1. The molecule has 0 saturated heterocycles. The number of amides is 1. The van der Waals surface area contributed by atoms with Gasteiger partial charge in [-0.3, -0.25) is 9.59 Å². The average molecular weight is 418 g/mol. The molecule has 0 bridgehead atoms. The van der Waals surface area contributed by atoms with Gasteiger partial charge in [0.05, 0.1) is 13.3 Å². The standard InChI is InChI=1S/C24H22N2O5/c1-17(27)31-22-13-8-18(14-23(22)29-2)15-25-26-24(28)16-30-21-11-9-20(10-12-21)19-6-4-3-5-7-19/h3-15H,16H2,1-2H3,(H,26,28)/b25-15-. The number of benzene rings is 3. The number of nitrogens with one attached hydrogen (secondary N) is 1. The number of esters is 1. The van der Waals surface area contributed by atoms with Crippen molar-refractivity contribution in [3.63, 3.8) is 0 Å². The van der Waals surface area contributed by atoms with E-state index in [0.29, 0.717) is 22.8 Å². The van der Waals surface area contributed by atoms with Crippen LogP contribution in [0.2, 0.25) is 0 Å². The van der Waals surface area contributed by atoms with Crippen LogP contribution in [0.4, 0.5) is 0 Å². The van der Waals surface area contributed by atoms with Crippen LogP contribution in [-0.4, -0.2) is 31.8 Å². The van der Waals surface area contributed by atoms with Crippen molar-refractivity contribution in [3.8, 4) is 28.4 Å². The number of methoxy groups -OCH3 is 1. The first-order valence-corrected chi connectivity index (χ1v) is 9.52. The van der Waals surface area contributed by atoms with Gasteiger partial charge in [0.15, 0.2) is 18.1 Å². The summed E-state index contributed by atoms with van der Waals surface area (Å²) in [5.74, 6) is 0.439. The molecule has 0 aliphatic heterocycles. The fourth-order valence-electron chi connectivity index (χ4n) is 2.74. The minimum atomic E-state index is -0.443. The number of hydrogen-bond donors (Lipinski definition) is 1. The van der Waals surface area contributed by atoms with E-state index in [0.717, 1.165) is 11.1 Å². The number of carbonyl (C=O) groups excluding carboxylic acids is 2. The molecule has 3 aromatic rings. The maximum atomic E-state index is 12.0. The van der Waals surface area contributed by atoms with Crippen LogP contribution in [0, 0.1) is 0 Å². The van der Waals surface area contributed by atoms with E-state index < -0.39 is 11.9 Å². The van der Waals surface area contributed by atoms with Gasteiger partial charge >= 0.3 is 5.97 Å². The Labute approximate surface area is 180 Å². The van der Waals surface area contributed by atoms with Crippen molar-refractivity contribution in [3.05, 3.63) is 78.4 Å². The SMILES string of the molecule is COc1cc(/C=N\NC(=O)COc2ccc(-c3ccccc3)cc2)ccc1OC(C)=O. The van der Waals surface area contributed by atoms with E-state index in [1.807, 2.05) is 54.6 Å². The lowest BCUT2D eigenvalue weighted by Gasteiger charge is -2.08. The van der Waals surface area contributed by atoms with Gasteiger partial charge in [-0.1, -0.05) is 42.5 Å². The predicted molar refractivity (Wildman–Crippen MR) is 117 cm³/mol. The Balaban J connectivity index is 1.50. The fourth-order valence-corrected chi connectivity index (χ4v) is 2.74. The highest BCUT2D eigenvalue weighted by Gasteiger charge is 2.07. The second-order valence-electron chi connectivity index (χ2n) is 6.48. The van der Waals surface area contributed by atoms with E-state index in [1.165, 1.54) is 20.2 Å².